The number of tetrazole rings is 1. The molecule has 1 saturated carbocycles. The lowest BCUT2D eigenvalue weighted by molar-refractivity contribution is 0.324. The Hall–Kier alpha value is -0.840. The van der Waals surface area contributed by atoms with Crippen LogP contribution in [-0.4, -0.2) is 33.3 Å². The standard InChI is InChI=1S/C11H21N5.ClH/c1-3-15(4-2)11-12-13-14-16(11)10-8-6-5-7-9-10;/h10H,3-9H2,1-2H3;1H. The lowest BCUT2D eigenvalue weighted by Crippen LogP contribution is -2.28. The van der Waals surface area contributed by atoms with E-state index in [-0.39, 0.29) is 12.4 Å². The summed E-state index contributed by atoms with van der Waals surface area (Å²) in [5.41, 5.74) is 0. The van der Waals surface area contributed by atoms with Crippen molar-refractivity contribution in [3.8, 4) is 0 Å². The van der Waals surface area contributed by atoms with E-state index in [0.717, 1.165) is 19.0 Å². The highest BCUT2D eigenvalue weighted by atomic mass is 35.5. The minimum Gasteiger partial charge on any atom is -0.340 e. The Morgan fingerprint density at radius 1 is 1.18 bits per heavy atom. The van der Waals surface area contributed by atoms with Crippen LogP contribution < -0.4 is 4.90 Å². The molecule has 0 spiro atoms. The Morgan fingerprint density at radius 3 is 2.41 bits per heavy atom. The van der Waals surface area contributed by atoms with Gasteiger partial charge in [0.1, 0.15) is 0 Å². The Bertz CT molecular complexity index is 317. The summed E-state index contributed by atoms with van der Waals surface area (Å²) in [6.45, 7) is 6.21. The molecule has 0 N–H and O–H groups in total. The predicted molar refractivity (Wildman–Crippen MR) is 70.7 cm³/mol. The average Bonchev–Trinajstić information content (AvgIpc) is 2.81. The summed E-state index contributed by atoms with van der Waals surface area (Å²) in [5, 5.41) is 12.2. The maximum atomic E-state index is 4.17. The quantitative estimate of drug-likeness (QED) is 0.833. The molecular weight excluding hydrogens is 238 g/mol. The first-order valence-corrected chi connectivity index (χ1v) is 6.39. The molecular formula is C11H22ClN5. The molecule has 6 heteroatoms. The molecule has 0 aromatic carbocycles. The smallest absolute Gasteiger partial charge is 0.245 e. The van der Waals surface area contributed by atoms with Crippen LogP contribution in [0.4, 0.5) is 5.95 Å². The zero-order valence-electron chi connectivity index (χ0n) is 10.7. The highest BCUT2D eigenvalue weighted by Crippen LogP contribution is 2.29. The van der Waals surface area contributed by atoms with E-state index < -0.39 is 0 Å². The van der Waals surface area contributed by atoms with Crippen molar-refractivity contribution in [2.24, 2.45) is 0 Å². The van der Waals surface area contributed by atoms with E-state index in [1.807, 2.05) is 4.68 Å². The van der Waals surface area contributed by atoms with Crippen molar-refractivity contribution in [1.29, 1.82) is 0 Å². The second-order valence-electron chi connectivity index (χ2n) is 4.39. The van der Waals surface area contributed by atoms with E-state index in [1.165, 1.54) is 32.1 Å². The fraction of sp³-hybridized carbons (Fsp3) is 0.909. The largest absolute Gasteiger partial charge is 0.340 e. The molecule has 0 radical (unpaired) electrons. The van der Waals surface area contributed by atoms with Gasteiger partial charge in [0, 0.05) is 13.1 Å². The average molecular weight is 260 g/mol. The van der Waals surface area contributed by atoms with Crippen LogP contribution in [0.3, 0.4) is 0 Å². The summed E-state index contributed by atoms with van der Waals surface area (Å²) in [6.07, 6.45) is 6.42. The second kappa shape index (κ2) is 6.79. The molecule has 0 bridgehead atoms. The van der Waals surface area contributed by atoms with Gasteiger partial charge < -0.3 is 4.90 Å². The maximum Gasteiger partial charge on any atom is 0.245 e. The normalized spacial score (nSPS) is 16.6. The van der Waals surface area contributed by atoms with Gasteiger partial charge in [-0.25, -0.2) is 4.68 Å². The van der Waals surface area contributed by atoms with Gasteiger partial charge in [-0.2, -0.15) is 0 Å². The van der Waals surface area contributed by atoms with Gasteiger partial charge in [-0.05, 0) is 37.1 Å². The number of rotatable bonds is 4. The van der Waals surface area contributed by atoms with Crippen LogP contribution in [0.1, 0.15) is 52.0 Å². The van der Waals surface area contributed by atoms with E-state index >= 15 is 0 Å². The van der Waals surface area contributed by atoms with Gasteiger partial charge in [-0.1, -0.05) is 24.4 Å². The highest BCUT2D eigenvalue weighted by Gasteiger charge is 2.21. The second-order valence-corrected chi connectivity index (χ2v) is 4.39. The number of anilines is 1. The number of hydrogen-bond donors (Lipinski definition) is 0. The van der Waals surface area contributed by atoms with Crippen molar-refractivity contribution in [2.75, 3.05) is 18.0 Å². The van der Waals surface area contributed by atoms with Gasteiger partial charge >= 0.3 is 0 Å². The maximum absolute atomic E-state index is 4.17. The van der Waals surface area contributed by atoms with Crippen molar-refractivity contribution in [3.05, 3.63) is 0 Å². The first-order valence-electron chi connectivity index (χ1n) is 6.39. The minimum absolute atomic E-state index is 0. The van der Waals surface area contributed by atoms with Gasteiger partial charge in [0.15, 0.2) is 0 Å². The molecule has 0 amide bonds. The third kappa shape index (κ3) is 3.09. The van der Waals surface area contributed by atoms with E-state index in [2.05, 4.69) is 34.3 Å². The Labute approximate surface area is 109 Å². The van der Waals surface area contributed by atoms with E-state index in [9.17, 15) is 0 Å². The summed E-state index contributed by atoms with van der Waals surface area (Å²) < 4.78 is 2.03. The molecule has 2 rings (SSSR count). The molecule has 1 heterocycles. The molecule has 1 aromatic heterocycles. The zero-order valence-corrected chi connectivity index (χ0v) is 11.5. The number of aromatic nitrogens is 4. The van der Waals surface area contributed by atoms with Crippen molar-refractivity contribution >= 4 is 18.4 Å². The SMILES string of the molecule is CCN(CC)c1nnnn1C1CCCCC1.Cl. The summed E-state index contributed by atoms with van der Waals surface area (Å²) in [7, 11) is 0. The topological polar surface area (TPSA) is 46.8 Å². The third-order valence-electron chi connectivity index (χ3n) is 3.44. The summed E-state index contributed by atoms with van der Waals surface area (Å²) in [4.78, 5) is 2.22. The first kappa shape index (κ1) is 14.2. The molecule has 5 nitrogen and oxygen atoms in total. The molecule has 1 fully saturated rings. The van der Waals surface area contributed by atoms with Gasteiger partial charge in [0.25, 0.3) is 0 Å². The van der Waals surface area contributed by atoms with Crippen LogP contribution >= 0.6 is 12.4 Å². The van der Waals surface area contributed by atoms with Crippen LogP contribution in [0.5, 0.6) is 0 Å². The molecule has 0 aliphatic heterocycles. The van der Waals surface area contributed by atoms with Gasteiger partial charge in [0.05, 0.1) is 6.04 Å². The van der Waals surface area contributed by atoms with Crippen LogP contribution in [0.2, 0.25) is 0 Å². The zero-order chi connectivity index (χ0) is 11.4. The lowest BCUT2D eigenvalue weighted by Gasteiger charge is -2.26. The van der Waals surface area contributed by atoms with Crippen LogP contribution in [0.15, 0.2) is 0 Å². The van der Waals surface area contributed by atoms with Crippen molar-refractivity contribution in [3.63, 3.8) is 0 Å². The number of hydrogen-bond acceptors (Lipinski definition) is 4. The first-order chi connectivity index (χ1) is 7.86. The predicted octanol–water partition coefficient (Wildman–Crippen LogP) is 2.45. The van der Waals surface area contributed by atoms with E-state index in [4.69, 9.17) is 0 Å². The van der Waals surface area contributed by atoms with Crippen LogP contribution in [0, 0.1) is 0 Å². The molecule has 0 atom stereocenters. The molecule has 0 unspecified atom stereocenters. The molecule has 1 aliphatic rings. The minimum atomic E-state index is 0. The summed E-state index contributed by atoms with van der Waals surface area (Å²) >= 11 is 0. The van der Waals surface area contributed by atoms with Gasteiger partial charge in [-0.15, -0.1) is 12.4 Å². The molecule has 17 heavy (non-hydrogen) atoms. The van der Waals surface area contributed by atoms with E-state index in [0.29, 0.717) is 6.04 Å². The summed E-state index contributed by atoms with van der Waals surface area (Å²) in [5.74, 6) is 0.942. The molecule has 0 saturated heterocycles. The van der Waals surface area contributed by atoms with Crippen LogP contribution in [-0.2, 0) is 0 Å². The number of halogens is 1. The fourth-order valence-corrected chi connectivity index (χ4v) is 2.47. The van der Waals surface area contributed by atoms with Crippen LogP contribution in [0.25, 0.3) is 0 Å². The monoisotopic (exact) mass is 259 g/mol. The highest BCUT2D eigenvalue weighted by molar-refractivity contribution is 5.85. The number of nitrogens with zero attached hydrogens (tertiary/aromatic N) is 5. The lowest BCUT2D eigenvalue weighted by atomic mass is 9.96. The molecule has 98 valence electrons. The van der Waals surface area contributed by atoms with Crippen molar-refractivity contribution in [1.82, 2.24) is 20.2 Å². The molecule has 1 aromatic rings. The van der Waals surface area contributed by atoms with Crippen molar-refractivity contribution < 1.29 is 0 Å². The van der Waals surface area contributed by atoms with Gasteiger partial charge in [-0.3, -0.25) is 0 Å². The molecule has 1 aliphatic carbocycles. The Morgan fingerprint density at radius 2 is 1.82 bits per heavy atom. The fourth-order valence-electron chi connectivity index (χ4n) is 2.47. The Balaban J connectivity index is 0.00000144. The summed E-state index contributed by atoms with van der Waals surface area (Å²) in [6, 6.07) is 0.513. The van der Waals surface area contributed by atoms with E-state index in [1.54, 1.807) is 0 Å². The third-order valence-corrected chi connectivity index (χ3v) is 3.44. The van der Waals surface area contributed by atoms with Crippen molar-refractivity contribution in [2.45, 2.75) is 52.0 Å². The Kier molecular flexibility index (Phi) is 5.68. The van der Waals surface area contributed by atoms with Gasteiger partial charge in [0.2, 0.25) is 5.95 Å².